The maximum Gasteiger partial charge on any atom is 0.311 e. The molecule has 1 aliphatic heterocycles. The Morgan fingerprint density at radius 2 is 1.90 bits per heavy atom. The van der Waals surface area contributed by atoms with Crippen molar-refractivity contribution in [3.8, 4) is 0 Å². The Morgan fingerprint density at radius 3 is 2.57 bits per heavy atom. The van der Waals surface area contributed by atoms with Gasteiger partial charge in [-0.25, -0.2) is 0 Å². The van der Waals surface area contributed by atoms with E-state index in [1.54, 1.807) is 0 Å². The minimum Gasteiger partial charge on any atom is -0.455 e. The molecular formula is C15H22N2O4. The fourth-order valence-corrected chi connectivity index (χ4v) is 3.21. The van der Waals surface area contributed by atoms with Crippen LogP contribution in [0.1, 0.15) is 44.9 Å². The molecule has 0 radical (unpaired) electrons. The molecule has 21 heavy (non-hydrogen) atoms. The van der Waals surface area contributed by atoms with Crippen LogP contribution in [0.4, 0.5) is 0 Å². The van der Waals surface area contributed by atoms with Gasteiger partial charge in [0.05, 0.1) is 5.92 Å². The van der Waals surface area contributed by atoms with E-state index in [0.29, 0.717) is 12.6 Å². The van der Waals surface area contributed by atoms with Crippen LogP contribution < -0.4 is 5.32 Å². The van der Waals surface area contributed by atoms with Gasteiger partial charge in [-0.3, -0.25) is 14.4 Å². The Bertz CT molecular complexity index is 441. The standard InChI is InChI=1S/C15H22N2O4/c18-13(16-11-5-6-11)9-21-15(20)10-7-14(19)17(8-10)12-3-1-2-4-12/h10-12H,1-9H2,(H,16,18)/t10-/m0/s1. The van der Waals surface area contributed by atoms with Crippen LogP contribution in [0.15, 0.2) is 0 Å². The first-order chi connectivity index (χ1) is 10.1. The molecule has 0 aromatic heterocycles. The van der Waals surface area contributed by atoms with E-state index in [2.05, 4.69) is 5.32 Å². The highest BCUT2D eigenvalue weighted by Crippen LogP contribution is 2.29. The van der Waals surface area contributed by atoms with Crippen LogP contribution in [0.5, 0.6) is 0 Å². The van der Waals surface area contributed by atoms with Crippen LogP contribution in [-0.4, -0.2) is 47.9 Å². The van der Waals surface area contributed by atoms with Gasteiger partial charge in [-0.2, -0.15) is 0 Å². The van der Waals surface area contributed by atoms with Crippen molar-refractivity contribution in [1.29, 1.82) is 0 Å². The maximum absolute atomic E-state index is 12.0. The molecule has 0 spiro atoms. The van der Waals surface area contributed by atoms with Crippen molar-refractivity contribution in [2.24, 2.45) is 5.92 Å². The number of hydrogen-bond acceptors (Lipinski definition) is 4. The summed E-state index contributed by atoms with van der Waals surface area (Å²) in [6, 6.07) is 0.565. The van der Waals surface area contributed by atoms with E-state index < -0.39 is 11.9 Å². The monoisotopic (exact) mass is 294 g/mol. The Balaban J connectivity index is 1.44. The molecule has 3 aliphatic rings. The Hall–Kier alpha value is -1.59. The Morgan fingerprint density at radius 1 is 1.19 bits per heavy atom. The van der Waals surface area contributed by atoms with Gasteiger partial charge in [0.1, 0.15) is 0 Å². The zero-order valence-electron chi connectivity index (χ0n) is 12.2. The molecule has 2 aliphatic carbocycles. The van der Waals surface area contributed by atoms with E-state index in [9.17, 15) is 14.4 Å². The third kappa shape index (κ3) is 3.54. The van der Waals surface area contributed by atoms with Crippen LogP contribution in [0.25, 0.3) is 0 Å². The summed E-state index contributed by atoms with van der Waals surface area (Å²) in [7, 11) is 0. The van der Waals surface area contributed by atoms with Gasteiger partial charge in [0.2, 0.25) is 5.91 Å². The van der Waals surface area contributed by atoms with Crippen molar-refractivity contribution in [1.82, 2.24) is 10.2 Å². The smallest absolute Gasteiger partial charge is 0.311 e. The maximum atomic E-state index is 12.0. The van der Waals surface area contributed by atoms with Gasteiger partial charge in [-0.15, -0.1) is 0 Å². The fraction of sp³-hybridized carbons (Fsp3) is 0.800. The van der Waals surface area contributed by atoms with Crippen molar-refractivity contribution in [3.05, 3.63) is 0 Å². The van der Waals surface area contributed by atoms with E-state index in [1.165, 1.54) is 0 Å². The molecule has 3 fully saturated rings. The van der Waals surface area contributed by atoms with Crippen LogP contribution in [0.2, 0.25) is 0 Å². The van der Waals surface area contributed by atoms with E-state index in [1.807, 2.05) is 4.90 Å². The molecule has 6 nitrogen and oxygen atoms in total. The second-order valence-electron chi connectivity index (χ2n) is 6.33. The quantitative estimate of drug-likeness (QED) is 0.753. The van der Waals surface area contributed by atoms with Crippen molar-refractivity contribution < 1.29 is 19.1 Å². The fourth-order valence-electron chi connectivity index (χ4n) is 3.21. The normalized spacial score (nSPS) is 26.2. The number of likely N-dealkylation sites (tertiary alicyclic amines) is 1. The second kappa shape index (κ2) is 6.03. The molecule has 3 rings (SSSR count). The van der Waals surface area contributed by atoms with E-state index in [-0.39, 0.29) is 30.9 Å². The zero-order chi connectivity index (χ0) is 14.8. The molecule has 6 heteroatoms. The molecule has 2 amide bonds. The van der Waals surface area contributed by atoms with E-state index >= 15 is 0 Å². The average Bonchev–Trinajstić information content (AvgIpc) is 2.96. The highest BCUT2D eigenvalue weighted by Gasteiger charge is 2.39. The molecule has 1 saturated heterocycles. The van der Waals surface area contributed by atoms with Crippen LogP contribution in [-0.2, 0) is 19.1 Å². The van der Waals surface area contributed by atoms with Crippen molar-refractivity contribution in [2.75, 3.05) is 13.2 Å². The molecule has 1 atom stereocenters. The van der Waals surface area contributed by atoms with Gasteiger partial charge in [0, 0.05) is 25.0 Å². The first-order valence-corrected chi connectivity index (χ1v) is 7.89. The number of nitrogens with zero attached hydrogens (tertiary/aromatic N) is 1. The lowest BCUT2D eigenvalue weighted by Gasteiger charge is -2.23. The van der Waals surface area contributed by atoms with E-state index in [0.717, 1.165) is 38.5 Å². The third-order valence-corrected chi connectivity index (χ3v) is 4.55. The van der Waals surface area contributed by atoms with Crippen LogP contribution in [0.3, 0.4) is 0 Å². The van der Waals surface area contributed by atoms with Crippen molar-refractivity contribution in [2.45, 2.75) is 57.0 Å². The summed E-state index contributed by atoms with van der Waals surface area (Å²) < 4.78 is 5.05. The lowest BCUT2D eigenvalue weighted by Crippen LogP contribution is -2.35. The number of hydrogen-bond donors (Lipinski definition) is 1. The molecule has 0 aromatic rings. The van der Waals surface area contributed by atoms with Gasteiger partial charge in [-0.05, 0) is 25.7 Å². The first kappa shape index (κ1) is 14.4. The summed E-state index contributed by atoms with van der Waals surface area (Å²) >= 11 is 0. The van der Waals surface area contributed by atoms with Gasteiger partial charge in [-0.1, -0.05) is 12.8 Å². The number of ether oxygens (including phenoxy) is 1. The summed E-state index contributed by atoms with van der Waals surface area (Å²) in [5, 5.41) is 2.77. The first-order valence-electron chi connectivity index (χ1n) is 7.89. The van der Waals surface area contributed by atoms with Crippen molar-refractivity contribution >= 4 is 17.8 Å². The highest BCUT2D eigenvalue weighted by molar-refractivity contribution is 5.88. The Labute approximate surface area is 124 Å². The summed E-state index contributed by atoms with van der Waals surface area (Å²) in [4.78, 5) is 37.3. The largest absolute Gasteiger partial charge is 0.455 e. The number of esters is 1. The predicted octanol–water partition coefficient (Wildman–Crippen LogP) is 0.599. The van der Waals surface area contributed by atoms with Gasteiger partial charge in [0.15, 0.2) is 6.61 Å². The number of rotatable bonds is 5. The number of amides is 2. The van der Waals surface area contributed by atoms with Gasteiger partial charge in [0.25, 0.3) is 5.91 Å². The molecule has 116 valence electrons. The average molecular weight is 294 g/mol. The zero-order valence-corrected chi connectivity index (χ0v) is 12.2. The van der Waals surface area contributed by atoms with Crippen LogP contribution >= 0.6 is 0 Å². The summed E-state index contributed by atoms with van der Waals surface area (Å²) in [5.74, 6) is -1.03. The molecule has 0 bridgehead atoms. The molecule has 0 unspecified atom stereocenters. The summed E-state index contributed by atoms with van der Waals surface area (Å²) in [6.45, 7) is 0.218. The summed E-state index contributed by atoms with van der Waals surface area (Å²) in [5.41, 5.74) is 0. The predicted molar refractivity (Wildman–Crippen MR) is 74.2 cm³/mol. The highest BCUT2D eigenvalue weighted by atomic mass is 16.5. The number of carbonyl (C=O) groups excluding carboxylic acids is 3. The molecule has 1 heterocycles. The second-order valence-corrected chi connectivity index (χ2v) is 6.33. The minimum atomic E-state index is -0.421. The van der Waals surface area contributed by atoms with Crippen molar-refractivity contribution in [3.63, 3.8) is 0 Å². The molecule has 1 N–H and O–H groups in total. The van der Waals surface area contributed by atoms with E-state index in [4.69, 9.17) is 4.74 Å². The minimum absolute atomic E-state index is 0.0475. The number of nitrogens with one attached hydrogen (secondary N) is 1. The molecule has 0 aromatic carbocycles. The van der Waals surface area contributed by atoms with Crippen LogP contribution in [0, 0.1) is 5.92 Å². The Kier molecular flexibility index (Phi) is 4.12. The number of carbonyl (C=O) groups is 3. The van der Waals surface area contributed by atoms with Gasteiger partial charge < -0.3 is 15.0 Å². The lowest BCUT2D eigenvalue weighted by atomic mass is 10.1. The molecular weight excluding hydrogens is 272 g/mol. The molecule has 2 saturated carbocycles. The summed E-state index contributed by atoms with van der Waals surface area (Å²) in [6.07, 6.45) is 6.63. The lowest BCUT2D eigenvalue weighted by molar-refractivity contribution is -0.152. The third-order valence-electron chi connectivity index (χ3n) is 4.55. The topological polar surface area (TPSA) is 75.7 Å². The SMILES string of the molecule is O=C(COC(=O)[C@H]1CC(=O)N(C2CCCC2)C1)NC1CC1. The van der Waals surface area contributed by atoms with Gasteiger partial charge >= 0.3 is 5.97 Å².